The fourth-order valence-electron chi connectivity index (χ4n) is 1.19. The third-order valence-corrected chi connectivity index (χ3v) is 3.61. The summed E-state index contributed by atoms with van der Waals surface area (Å²) in [6, 6.07) is 7.22. The van der Waals surface area contributed by atoms with E-state index in [0.717, 1.165) is 0 Å². The van der Waals surface area contributed by atoms with Gasteiger partial charge in [-0.25, -0.2) is 0 Å². The minimum atomic E-state index is -0.715. The average molecular weight is 319 g/mol. The predicted molar refractivity (Wildman–Crippen MR) is 69.7 cm³/mol. The van der Waals surface area contributed by atoms with Crippen molar-refractivity contribution in [3.63, 3.8) is 0 Å². The van der Waals surface area contributed by atoms with Crippen LogP contribution in [-0.2, 0) is 4.74 Å². The maximum atomic E-state index is 9.35. The van der Waals surface area contributed by atoms with Gasteiger partial charge in [0.25, 0.3) is 0 Å². The van der Waals surface area contributed by atoms with Gasteiger partial charge in [-0.1, -0.05) is 17.7 Å². The predicted octanol–water partition coefficient (Wildman–Crippen LogP) is 3.45. The highest BCUT2D eigenvalue weighted by atomic mass is 79.9. The van der Waals surface area contributed by atoms with E-state index < -0.39 is 18.3 Å². The second-order valence-corrected chi connectivity index (χ2v) is 5.03. The van der Waals surface area contributed by atoms with E-state index in [1.54, 1.807) is 32.0 Å². The molecule has 0 saturated heterocycles. The van der Waals surface area contributed by atoms with Crippen LogP contribution >= 0.6 is 27.5 Å². The maximum absolute atomic E-state index is 9.35. The van der Waals surface area contributed by atoms with E-state index in [4.69, 9.17) is 21.6 Å². The molecule has 0 spiro atoms. The Kier molecular flexibility index (Phi) is 5.41. The molecule has 0 amide bonds. The highest BCUT2D eigenvalue weighted by Crippen LogP contribution is 2.28. The molecule has 0 heterocycles. The highest BCUT2D eigenvalue weighted by Gasteiger charge is 2.18. The molecule has 3 unspecified atom stereocenters. The van der Waals surface area contributed by atoms with Crippen LogP contribution in [0.4, 0.5) is 0 Å². The zero-order valence-electron chi connectivity index (χ0n) is 9.52. The van der Waals surface area contributed by atoms with Crippen LogP contribution in [0, 0.1) is 11.3 Å². The van der Waals surface area contributed by atoms with Crippen molar-refractivity contribution in [2.24, 2.45) is 0 Å². The van der Waals surface area contributed by atoms with Crippen molar-refractivity contribution in [2.75, 3.05) is 0 Å². The van der Waals surface area contributed by atoms with Crippen molar-refractivity contribution < 1.29 is 9.84 Å². The molecule has 0 aromatic heterocycles. The third kappa shape index (κ3) is 3.97. The van der Waals surface area contributed by atoms with Gasteiger partial charge in [-0.15, -0.1) is 0 Å². The summed E-state index contributed by atoms with van der Waals surface area (Å²) in [5, 5.41) is 19.0. The molecule has 3 atom stereocenters. The lowest BCUT2D eigenvalue weighted by Gasteiger charge is -2.20. The zero-order chi connectivity index (χ0) is 13.0. The summed E-state index contributed by atoms with van der Waals surface area (Å²) in [6.07, 6.45) is -1.75. The molecular weight excluding hydrogens is 305 g/mol. The average Bonchev–Trinajstić information content (AvgIpc) is 2.29. The summed E-state index contributed by atoms with van der Waals surface area (Å²) < 4.78 is 6.18. The van der Waals surface area contributed by atoms with E-state index in [1.807, 2.05) is 0 Å². The first-order valence-electron chi connectivity index (χ1n) is 5.13. The van der Waals surface area contributed by atoms with Crippen LogP contribution < -0.4 is 0 Å². The third-order valence-electron chi connectivity index (χ3n) is 2.39. The molecule has 3 nitrogen and oxygen atoms in total. The Balaban J connectivity index is 2.87. The second kappa shape index (κ2) is 6.36. The van der Waals surface area contributed by atoms with Gasteiger partial charge in [0, 0.05) is 4.47 Å². The molecule has 1 N–H and O–H groups in total. The van der Waals surface area contributed by atoms with Crippen molar-refractivity contribution in [2.45, 2.75) is 32.2 Å². The summed E-state index contributed by atoms with van der Waals surface area (Å²) in [6.45, 7) is 3.34. The molecule has 0 saturated carbocycles. The Hall–Kier alpha value is -0.600. The molecule has 1 rings (SSSR count). The molecule has 1 aromatic rings. The monoisotopic (exact) mass is 317 g/mol. The van der Waals surface area contributed by atoms with Crippen LogP contribution in [0.25, 0.3) is 0 Å². The van der Waals surface area contributed by atoms with Crippen molar-refractivity contribution in [3.8, 4) is 6.07 Å². The first-order valence-corrected chi connectivity index (χ1v) is 6.31. The molecule has 0 aliphatic heterocycles. The van der Waals surface area contributed by atoms with Crippen LogP contribution in [0.1, 0.15) is 25.5 Å². The number of hydrogen-bond donors (Lipinski definition) is 1. The zero-order valence-corrected chi connectivity index (χ0v) is 11.9. The molecule has 5 heteroatoms. The van der Waals surface area contributed by atoms with Gasteiger partial charge < -0.3 is 9.84 Å². The lowest BCUT2D eigenvalue weighted by molar-refractivity contribution is -0.0426. The van der Waals surface area contributed by atoms with Gasteiger partial charge >= 0.3 is 0 Å². The van der Waals surface area contributed by atoms with E-state index in [2.05, 4.69) is 22.0 Å². The van der Waals surface area contributed by atoms with Crippen LogP contribution in [0.15, 0.2) is 22.7 Å². The Morgan fingerprint density at radius 3 is 2.59 bits per heavy atom. The van der Waals surface area contributed by atoms with Crippen molar-refractivity contribution in [1.82, 2.24) is 0 Å². The number of hydrogen-bond acceptors (Lipinski definition) is 3. The smallest absolute Gasteiger partial charge is 0.169 e. The van der Waals surface area contributed by atoms with Gasteiger partial charge in [0.05, 0.1) is 23.3 Å². The molecule has 0 aliphatic rings. The Morgan fingerprint density at radius 2 is 2.12 bits per heavy atom. The summed E-state index contributed by atoms with van der Waals surface area (Å²) in [7, 11) is 0. The van der Waals surface area contributed by atoms with Crippen LogP contribution in [0.3, 0.4) is 0 Å². The molecule has 1 aromatic carbocycles. The van der Waals surface area contributed by atoms with Crippen molar-refractivity contribution in [3.05, 3.63) is 33.3 Å². The number of nitriles is 1. The summed E-state index contributed by atoms with van der Waals surface area (Å²) in [5.41, 5.74) is 0.705. The SMILES string of the molecule is CC(O)C(C)OC(C#N)c1ccc(Cl)c(Br)c1. The summed E-state index contributed by atoms with van der Waals surface area (Å²) in [4.78, 5) is 0. The maximum Gasteiger partial charge on any atom is 0.169 e. The highest BCUT2D eigenvalue weighted by molar-refractivity contribution is 9.10. The van der Waals surface area contributed by atoms with Crippen LogP contribution in [0.5, 0.6) is 0 Å². The fraction of sp³-hybridized carbons (Fsp3) is 0.417. The molecule has 0 bridgehead atoms. The van der Waals surface area contributed by atoms with Gasteiger partial charge in [-0.3, -0.25) is 0 Å². The van der Waals surface area contributed by atoms with Gasteiger partial charge in [-0.2, -0.15) is 5.26 Å². The van der Waals surface area contributed by atoms with E-state index in [1.165, 1.54) is 0 Å². The van der Waals surface area contributed by atoms with Crippen molar-refractivity contribution in [1.29, 1.82) is 5.26 Å². The first-order chi connectivity index (χ1) is 7.95. The van der Waals surface area contributed by atoms with E-state index in [9.17, 15) is 5.11 Å². The molecule has 0 radical (unpaired) electrons. The van der Waals surface area contributed by atoms with E-state index in [0.29, 0.717) is 15.1 Å². The molecule has 92 valence electrons. The molecule has 0 aliphatic carbocycles. The summed E-state index contributed by atoms with van der Waals surface area (Å²) in [5.74, 6) is 0. The van der Waals surface area contributed by atoms with E-state index in [-0.39, 0.29) is 0 Å². The Morgan fingerprint density at radius 1 is 1.47 bits per heavy atom. The van der Waals surface area contributed by atoms with Gasteiger partial charge in [0.2, 0.25) is 0 Å². The lowest BCUT2D eigenvalue weighted by atomic mass is 10.1. The minimum Gasteiger partial charge on any atom is -0.391 e. The number of benzene rings is 1. The Bertz CT molecular complexity index is 431. The lowest BCUT2D eigenvalue weighted by Crippen LogP contribution is -2.24. The Labute approximate surface area is 114 Å². The number of aliphatic hydroxyl groups excluding tert-OH is 1. The van der Waals surface area contributed by atoms with Crippen LogP contribution in [-0.4, -0.2) is 17.3 Å². The number of nitrogens with zero attached hydrogens (tertiary/aromatic N) is 1. The quantitative estimate of drug-likeness (QED) is 0.925. The molecule has 17 heavy (non-hydrogen) atoms. The van der Waals surface area contributed by atoms with Gasteiger partial charge in [0.15, 0.2) is 6.10 Å². The fourth-order valence-corrected chi connectivity index (χ4v) is 1.70. The normalized spacial score (nSPS) is 16.0. The largest absolute Gasteiger partial charge is 0.391 e. The van der Waals surface area contributed by atoms with Gasteiger partial charge in [-0.05, 0) is 47.5 Å². The van der Waals surface area contributed by atoms with Crippen molar-refractivity contribution >= 4 is 27.5 Å². The van der Waals surface area contributed by atoms with E-state index >= 15 is 0 Å². The van der Waals surface area contributed by atoms with Crippen LogP contribution in [0.2, 0.25) is 5.02 Å². The second-order valence-electron chi connectivity index (χ2n) is 3.76. The topological polar surface area (TPSA) is 53.2 Å². The molecular formula is C12H13BrClNO2. The standard InChI is InChI=1S/C12H13BrClNO2/c1-7(16)8(2)17-12(6-15)9-3-4-11(14)10(13)5-9/h3-5,7-8,12,16H,1-2H3. The number of aliphatic hydroxyl groups is 1. The number of rotatable bonds is 4. The van der Waals surface area contributed by atoms with Gasteiger partial charge in [0.1, 0.15) is 0 Å². The number of ether oxygens (including phenoxy) is 1. The minimum absolute atomic E-state index is 0.408. The first kappa shape index (κ1) is 14.5. The number of halogens is 2. The molecule has 0 fully saturated rings. The summed E-state index contributed by atoms with van der Waals surface area (Å²) >= 11 is 9.17.